The number of hydrogen-bond acceptors (Lipinski definition) is 10. The number of aliphatic hydroxyl groups is 1. The molecule has 4 rings (SSSR count). The molecule has 0 aliphatic rings. The van der Waals surface area contributed by atoms with E-state index >= 15 is 0 Å². The predicted octanol–water partition coefficient (Wildman–Crippen LogP) is 7.81. The summed E-state index contributed by atoms with van der Waals surface area (Å²) in [4.78, 5) is 12.9. The number of hydrogen-bond donors (Lipinski definition) is 2. The first-order valence-electron chi connectivity index (χ1n) is 18.4. The summed E-state index contributed by atoms with van der Waals surface area (Å²) in [6, 6.07) is 32.9. The molecule has 14 heteroatoms. The Morgan fingerprint density at radius 1 is 0.786 bits per heavy atom. The van der Waals surface area contributed by atoms with E-state index in [1.807, 2.05) is 91.0 Å². The van der Waals surface area contributed by atoms with Crippen molar-refractivity contribution in [3.8, 4) is 5.75 Å². The summed E-state index contributed by atoms with van der Waals surface area (Å²) in [5.41, 5.74) is 0.737. The number of amides is 1. The van der Waals surface area contributed by atoms with Crippen LogP contribution < -0.4 is 10.1 Å². The van der Waals surface area contributed by atoms with E-state index in [0.717, 1.165) is 16.7 Å². The summed E-state index contributed by atoms with van der Waals surface area (Å²) < 4.78 is 72.4. The van der Waals surface area contributed by atoms with Crippen LogP contribution in [0.5, 0.6) is 5.75 Å². The van der Waals surface area contributed by atoms with Gasteiger partial charge in [-0.05, 0) is 68.1 Å². The van der Waals surface area contributed by atoms with Crippen molar-refractivity contribution in [2.45, 2.75) is 76.9 Å². The topological polar surface area (TPSA) is 150 Å². The lowest BCUT2D eigenvalue weighted by Crippen LogP contribution is -2.52. The van der Waals surface area contributed by atoms with Crippen LogP contribution in [0.1, 0.15) is 51.3 Å². The number of rotatable bonds is 21. The van der Waals surface area contributed by atoms with Crippen molar-refractivity contribution < 1.29 is 46.1 Å². The first kappa shape index (κ1) is 44.6. The first-order valence-corrected chi connectivity index (χ1v) is 21.5. The van der Waals surface area contributed by atoms with Crippen LogP contribution in [-0.2, 0) is 52.7 Å². The summed E-state index contributed by atoms with van der Waals surface area (Å²) in [6.45, 7) is 8.31. The highest BCUT2D eigenvalue weighted by Gasteiger charge is 2.36. The number of nitrogens with zero attached hydrogens (tertiary/aromatic N) is 1. The molecule has 0 bridgehead atoms. The van der Waals surface area contributed by atoms with Crippen molar-refractivity contribution in [2.24, 2.45) is 5.41 Å². The zero-order valence-corrected chi connectivity index (χ0v) is 34.7. The molecule has 2 atom stereocenters. The average Bonchev–Trinajstić information content (AvgIpc) is 3.16. The van der Waals surface area contributed by atoms with Gasteiger partial charge >= 0.3 is 13.7 Å². The minimum Gasteiger partial charge on any atom is -0.497 e. The highest BCUT2D eigenvalue weighted by atomic mass is 32.2. The molecule has 0 aliphatic carbocycles. The van der Waals surface area contributed by atoms with Crippen molar-refractivity contribution in [3.63, 3.8) is 0 Å². The fraction of sp³-hybridized carbons (Fsp3) is 0.405. The van der Waals surface area contributed by atoms with Crippen molar-refractivity contribution in [1.82, 2.24) is 9.62 Å². The van der Waals surface area contributed by atoms with E-state index < -0.39 is 46.9 Å². The van der Waals surface area contributed by atoms with Crippen LogP contribution in [0, 0.1) is 5.41 Å². The van der Waals surface area contributed by atoms with Gasteiger partial charge in [0.2, 0.25) is 10.0 Å². The molecule has 56 heavy (non-hydrogen) atoms. The molecule has 2 N–H and O–H groups in total. The van der Waals surface area contributed by atoms with Gasteiger partial charge in [-0.25, -0.2) is 13.2 Å². The SMILES string of the molecule is COc1ccc(S(=O)(=O)N(C[C@@H](O)[C@H](Cc2ccccc2)NC(=O)OC(C)(C)C)CC(C)(C)COCP(=O)(OCc2ccccc2)OCc2ccccc2)cc1. The standard InChI is InChI=1S/C42H55N2O10PS/c1-41(2,3)54-40(46)43-38(26-33-16-10-7-11-17-33)39(45)27-44(56(48,49)37-24-22-36(50-6)23-25-37)30-42(4,5)31-51-32-55(47,52-28-34-18-12-8-13-19-34)53-29-35-20-14-9-15-21-35/h7-25,38-39,45H,26-32H2,1-6H3,(H,43,46)/t38-,39+/m0/s1. The lowest BCUT2D eigenvalue weighted by atomic mass is 9.94. The number of nitrogens with one attached hydrogen (secondary N) is 1. The van der Waals surface area contributed by atoms with Gasteiger partial charge in [-0.3, -0.25) is 4.57 Å². The van der Waals surface area contributed by atoms with Crippen LogP contribution in [0.25, 0.3) is 0 Å². The molecule has 1 amide bonds. The van der Waals surface area contributed by atoms with Crippen LogP contribution in [0.15, 0.2) is 120 Å². The number of carbonyl (C=O) groups is 1. The van der Waals surface area contributed by atoms with Gasteiger partial charge in [0.25, 0.3) is 0 Å². The zero-order chi connectivity index (χ0) is 40.8. The maximum atomic E-state index is 14.3. The second kappa shape index (κ2) is 20.4. The van der Waals surface area contributed by atoms with Crippen molar-refractivity contribution >= 4 is 23.7 Å². The molecule has 0 radical (unpaired) electrons. The van der Waals surface area contributed by atoms with E-state index in [2.05, 4.69) is 5.32 Å². The third kappa shape index (κ3) is 14.8. The molecule has 304 valence electrons. The molecule has 4 aromatic carbocycles. The minimum atomic E-state index is -4.24. The molecule has 0 heterocycles. The summed E-state index contributed by atoms with van der Waals surface area (Å²) in [5, 5.41) is 14.5. The van der Waals surface area contributed by atoms with Gasteiger partial charge in [-0.2, -0.15) is 4.31 Å². The second-order valence-corrected chi connectivity index (χ2v) is 19.2. The number of alkyl carbamates (subject to hydrolysis) is 1. The maximum absolute atomic E-state index is 14.3. The number of benzene rings is 4. The molecule has 0 aromatic heterocycles. The zero-order valence-electron chi connectivity index (χ0n) is 33.0. The van der Waals surface area contributed by atoms with Crippen LogP contribution in [0.3, 0.4) is 0 Å². The number of carbonyl (C=O) groups excluding carboxylic acids is 1. The third-order valence-corrected chi connectivity index (χ3v) is 11.8. The van der Waals surface area contributed by atoms with Crippen molar-refractivity contribution in [2.75, 3.05) is 33.2 Å². The number of sulfonamides is 1. The minimum absolute atomic E-state index is 0.0185. The Morgan fingerprint density at radius 2 is 1.29 bits per heavy atom. The molecular weight excluding hydrogens is 756 g/mol. The lowest BCUT2D eigenvalue weighted by molar-refractivity contribution is 0.0344. The van der Waals surface area contributed by atoms with Gasteiger partial charge in [0.05, 0.1) is 44.0 Å². The van der Waals surface area contributed by atoms with Crippen molar-refractivity contribution in [3.05, 3.63) is 132 Å². The Labute approximate surface area is 331 Å². The highest BCUT2D eigenvalue weighted by Crippen LogP contribution is 2.50. The van der Waals surface area contributed by atoms with E-state index in [9.17, 15) is 22.9 Å². The number of methoxy groups -OCH3 is 1. The van der Waals surface area contributed by atoms with E-state index in [0.29, 0.717) is 5.75 Å². The van der Waals surface area contributed by atoms with Gasteiger partial charge in [0.15, 0.2) is 0 Å². The van der Waals surface area contributed by atoms with Gasteiger partial charge < -0.3 is 33.7 Å². The average molecular weight is 811 g/mol. The monoisotopic (exact) mass is 810 g/mol. The molecular formula is C42H55N2O10PS. The fourth-order valence-electron chi connectivity index (χ4n) is 5.65. The quantitative estimate of drug-likeness (QED) is 0.0799. The lowest BCUT2D eigenvalue weighted by Gasteiger charge is -2.35. The van der Waals surface area contributed by atoms with E-state index in [-0.39, 0.29) is 50.6 Å². The van der Waals surface area contributed by atoms with E-state index in [1.165, 1.54) is 23.5 Å². The summed E-state index contributed by atoms with van der Waals surface area (Å²) in [6.07, 6.45) is -2.30. The highest BCUT2D eigenvalue weighted by molar-refractivity contribution is 7.89. The van der Waals surface area contributed by atoms with Gasteiger partial charge in [-0.1, -0.05) is 105 Å². The Balaban J connectivity index is 1.56. The molecule has 0 unspecified atom stereocenters. The van der Waals surface area contributed by atoms with Gasteiger partial charge in [-0.15, -0.1) is 0 Å². The molecule has 0 spiro atoms. The van der Waals surface area contributed by atoms with Crippen molar-refractivity contribution in [1.29, 1.82) is 0 Å². The van der Waals surface area contributed by atoms with Crippen LogP contribution in [0.4, 0.5) is 4.79 Å². The molecule has 0 saturated heterocycles. The molecule has 12 nitrogen and oxygen atoms in total. The Kier molecular flexibility index (Phi) is 16.2. The number of ether oxygens (including phenoxy) is 3. The molecule has 4 aromatic rings. The van der Waals surface area contributed by atoms with Gasteiger partial charge in [0.1, 0.15) is 17.7 Å². The fourth-order valence-corrected chi connectivity index (χ4v) is 8.53. The Bertz CT molecular complexity index is 1900. The smallest absolute Gasteiger partial charge is 0.407 e. The van der Waals surface area contributed by atoms with E-state index in [1.54, 1.807) is 46.8 Å². The normalized spacial score (nSPS) is 13.6. The molecule has 0 aliphatic heterocycles. The third-order valence-electron chi connectivity index (χ3n) is 8.44. The van der Waals surface area contributed by atoms with Crippen LogP contribution >= 0.6 is 7.60 Å². The molecule has 0 saturated carbocycles. The second-order valence-electron chi connectivity index (χ2n) is 15.3. The largest absolute Gasteiger partial charge is 0.497 e. The maximum Gasteiger partial charge on any atom is 0.407 e. The summed E-state index contributed by atoms with van der Waals surface area (Å²) >= 11 is 0. The summed E-state index contributed by atoms with van der Waals surface area (Å²) in [5.74, 6) is 0.474. The first-order chi connectivity index (χ1) is 26.5. The summed E-state index contributed by atoms with van der Waals surface area (Å²) in [7, 11) is -6.57. The molecule has 0 fully saturated rings. The van der Waals surface area contributed by atoms with Gasteiger partial charge in [0, 0.05) is 18.5 Å². The van der Waals surface area contributed by atoms with E-state index in [4.69, 9.17) is 23.3 Å². The Morgan fingerprint density at radius 3 is 1.77 bits per heavy atom. The van der Waals surface area contributed by atoms with Crippen LogP contribution in [-0.4, -0.2) is 74.8 Å². The number of aliphatic hydroxyl groups excluding tert-OH is 1. The predicted molar refractivity (Wildman–Crippen MR) is 216 cm³/mol. The van der Waals surface area contributed by atoms with Crippen LogP contribution in [0.2, 0.25) is 0 Å². The Hall–Kier alpha value is -4.07.